The zero-order valence-corrected chi connectivity index (χ0v) is 14.5. The first kappa shape index (κ1) is 18.0. The minimum atomic E-state index is -0.363. The van der Waals surface area contributed by atoms with Crippen LogP contribution in [0.5, 0.6) is 0 Å². The van der Waals surface area contributed by atoms with Crippen LogP contribution in [0.1, 0.15) is 53.2 Å². The van der Waals surface area contributed by atoms with Gasteiger partial charge in [-0.15, -0.1) is 0 Å². The van der Waals surface area contributed by atoms with Crippen molar-refractivity contribution < 1.29 is 9.53 Å². The highest BCUT2D eigenvalue weighted by molar-refractivity contribution is 6.30. The molecule has 1 N–H and O–H groups in total. The van der Waals surface area contributed by atoms with Gasteiger partial charge in [-0.05, 0) is 45.4 Å². The SMILES string of the molecule is CC(C)C(=O)O[C@@H](c1cccc(Cl)c1)[C@H](C)NC(C)(C)C. The first-order chi connectivity index (χ1) is 9.60. The lowest BCUT2D eigenvalue weighted by Crippen LogP contribution is -2.46. The van der Waals surface area contributed by atoms with Gasteiger partial charge in [-0.2, -0.15) is 0 Å². The second kappa shape index (κ2) is 7.28. The summed E-state index contributed by atoms with van der Waals surface area (Å²) in [6.45, 7) is 11.9. The molecule has 0 aliphatic heterocycles. The predicted molar refractivity (Wildman–Crippen MR) is 87.5 cm³/mol. The average molecular weight is 312 g/mol. The molecule has 1 aromatic rings. The molecule has 0 bridgehead atoms. The second-order valence-corrected chi connectivity index (χ2v) is 7.19. The van der Waals surface area contributed by atoms with Crippen LogP contribution in [0.2, 0.25) is 5.02 Å². The Balaban J connectivity index is 3.02. The number of nitrogens with one attached hydrogen (secondary N) is 1. The van der Waals surface area contributed by atoms with Crippen molar-refractivity contribution in [2.75, 3.05) is 0 Å². The largest absolute Gasteiger partial charge is 0.456 e. The molecule has 0 radical (unpaired) electrons. The molecule has 4 heteroatoms. The van der Waals surface area contributed by atoms with Crippen molar-refractivity contribution in [2.24, 2.45) is 5.92 Å². The quantitative estimate of drug-likeness (QED) is 0.821. The number of carbonyl (C=O) groups is 1. The summed E-state index contributed by atoms with van der Waals surface area (Å²) >= 11 is 6.06. The molecular formula is C17H26ClNO2. The summed E-state index contributed by atoms with van der Waals surface area (Å²) in [6.07, 6.45) is -0.363. The normalized spacial score (nSPS) is 14.9. The third-order valence-electron chi connectivity index (χ3n) is 3.01. The standard InChI is InChI=1S/C17H26ClNO2/c1-11(2)16(20)21-15(12(3)19-17(4,5)6)13-8-7-9-14(18)10-13/h7-12,15,19H,1-6H3/t12-,15+/m0/s1. The molecule has 2 atom stereocenters. The van der Waals surface area contributed by atoms with E-state index in [0.29, 0.717) is 5.02 Å². The highest BCUT2D eigenvalue weighted by atomic mass is 35.5. The van der Waals surface area contributed by atoms with Crippen LogP contribution in [-0.2, 0) is 9.53 Å². The lowest BCUT2D eigenvalue weighted by Gasteiger charge is -2.32. The predicted octanol–water partition coefficient (Wildman–Crippen LogP) is 4.36. The van der Waals surface area contributed by atoms with E-state index in [4.69, 9.17) is 16.3 Å². The van der Waals surface area contributed by atoms with Crippen LogP contribution in [0.4, 0.5) is 0 Å². The number of benzene rings is 1. The highest BCUT2D eigenvalue weighted by Crippen LogP contribution is 2.26. The Bertz CT molecular complexity index is 480. The summed E-state index contributed by atoms with van der Waals surface area (Å²) in [5.41, 5.74) is 0.835. The summed E-state index contributed by atoms with van der Waals surface area (Å²) in [5.74, 6) is -0.365. The number of hydrogen-bond acceptors (Lipinski definition) is 3. The molecule has 0 fully saturated rings. The van der Waals surface area contributed by atoms with E-state index < -0.39 is 0 Å². The molecule has 0 heterocycles. The van der Waals surface area contributed by atoms with Gasteiger partial charge in [0, 0.05) is 16.6 Å². The van der Waals surface area contributed by atoms with Gasteiger partial charge >= 0.3 is 5.97 Å². The monoisotopic (exact) mass is 311 g/mol. The average Bonchev–Trinajstić information content (AvgIpc) is 2.33. The number of carbonyl (C=O) groups excluding carboxylic acids is 1. The maximum atomic E-state index is 12.0. The van der Waals surface area contributed by atoms with Crippen molar-refractivity contribution in [3.05, 3.63) is 34.9 Å². The number of halogens is 1. The Morgan fingerprint density at radius 1 is 1.24 bits per heavy atom. The van der Waals surface area contributed by atoms with Crippen LogP contribution < -0.4 is 5.32 Å². The number of rotatable bonds is 5. The third kappa shape index (κ3) is 6.06. The molecule has 0 unspecified atom stereocenters. The molecule has 0 saturated heterocycles. The van der Waals surface area contributed by atoms with E-state index in [1.807, 2.05) is 45.0 Å². The van der Waals surface area contributed by atoms with Gasteiger partial charge in [0.25, 0.3) is 0 Å². The van der Waals surface area contributed by atoms with Crippen molar-refractivity contribution in [2.45, 2.75) is 59.2 Å². The van der Waals surface area contributed by atoms with Gasteiger partial charge in [0.05, 0.1) is 5.92 Å². The van der Waals surface area contributed by atoms with Gasteiger partial charge in [0.15, 0.2) is 0 Å². The smallest absolute Gasteiger partial charge is 0.309 e. The summed E-state index contributed by atoms with van der Waals surface area (Å²) < 4.78 is 5.70. The summed E-state index contributed by atoms with van der Waals surface area (Å²) in [6, 6.07) is 7.45. The fourth-order valence-corrected chi connectivity index (χ4v) is 2.36. The van der Waals surface area contributed by atoms with E-state index in [1.165, 1.54) is 0 Å². The number of ether oxygens (including phenoxy) is 1. The van der Waals surface area contributed by atoms with Crippen molar-refractivity contribution in [1.29, 1.82) is 0 Å². The third-order valence-corrected chi connectivity index (χ3v) is 3.24. The summed E-state index contributed by atoms with van der Waals surface area (Å²) in [5, 5.41) is 4.10. The van der Waals surface area contributed by atoms with Gasteiger partial charge in [-0.25, -0.2) is 0 Å². The second-order valence-electron chi connectivity index (χ2n) is 6.75. The molecule has 0 aromatic heterocycles. The Morgan fingerprint density at radius 3 is 2.33 bits per heavy atom. The van der Waals surface area contributed by atoms with Gasteiger partial charge in [0.2, 0.25) is 0 Å². The molecule has 3 nitrogen and oxygen atoms in total. The molecule has 0 saturated carbocycles. The first-order valence-corrected chi connectivity index (χ1v) is 7.71. The van der Waals surface area contributed by atoms with Crippen LogP contribution in [0, 0.1) is 5.92 Å². The minimum Gasteiger partial charge on any atom is -0.456 e. The highest BCUT2D eigenvalue weighted by Gasteiger charge is 2.27. The first-order valence-electron chi connectivity index (χ1n) is 7.34. The van der Waals surface area contributed by atoms with Crippen LogP contribution in [0.15, 0.2) is 24.3 Å². The fourth-order valence-electron chi connectivity index (χ4n) is 2.16. The lowest BCUT2D eigenvalue weighted by atomic mass is 9.99. The van der Waals surface area contributed by atoms with Gasteiger partial charge in [0.1, 0.15) is 6.10 Å². The van der Waals surface area contributed by atoms with Crippen LogP contribution >= 0.6 is 11.6 Å². The van der Waals surface area contributed by atoms with E-state index >= 15 is 0 Å². The van der Waals surface area contributed by atoms with Crippen molar-refractivity contribution in [1.82, 2.24) is 5.32 Å². The van der Waals surface area contributed by atoms with Crippen LogP contribution in [0.3, 0.4) is 0 Å². The van der Waals surface area contributed by atoms with Crippen molar-refractivity contribution >= 4 is 17.6 Å². The molecule has 0 aliphatic rings. The maximum Gasteiger partial charge on any atom is 0.309 e. The minimum absolute atomic E-state index is 0.0221. The van der Waals surface area contributed by atoms with E-state index in [2.05, 4.69) is 26.1 Å². The zero-order valence-electron chi connectivity index (χ0n) is 13.7. The Hall–Kier alpha value is -1.06. The maximum absolute atomic E-state index is 12.0. The van der Waals surface area contributed by atoms with Crippen molar-refractivity contribution in [3.63, 3.8) is 0 Å². The molecule has 21 heavy (non-hydrogen) atoms. The number of esters is 1. The lowest BCUT2D eigenvalue weighted by molar-refractivity contribution is -0.155. The Morgan fingerprint density at radius 2 is 1.86 bits per heavy atom. The topological polar surface area (TPSA) is 38.3 Å². The van der Waals surface area contributed by atoms with E-state index in [1.54, 1.807) is 0 Å². The van der Waals surface area contributed by atoms with Crippen LogP contribution in [-0.4, -0.2) is 17.6 Å². The van der Waals surface area contributed by atoms with Crippen molar-refractivity contribution in [3.8, 4) is 0 Å². The molecule has 0 aliphatic carbocycles. The molecule has 1 rings (SSSR count). The molecule has 0 amide bonds. The molecule has 1 aromatic carbocycles. The molecule has 118 valence electrons. The summed E-state index contributed by atoms with van der Waals surface area (Å²) in [7, 11) is 0. The van der Waals surface area contributed by atoms with Gasteiger partial charge in [-0.3, -0.25) is 4.79 Å². The van der Waals surface area contributed by atoms with E-state index in [0.717, 1.165) is 5.56 Å². The van der Waals surface area contributed by atoms with E-state index in [-0.39, 0.29) is 29.6 Å². The van der Waals surface area contributed by atoms with Gasteiger partial charge in [-0.1, -0.05) is 37.6 Å². The zero-order chi connectivity index (χ0) is 16.2. The van der Waals surface area contributed by atoms with E-state index in [9.17, 15) is 4.79 Å². The Labute approximate surface area is 133 Å². The summed E-state index contributed by atoms with van der Waals surface area (Å²) in [4.78, 5) is 12.0. The van der Waals surface area contributed by atoms with Crippen LogP contribution in [0.25, 0.3) is 0 Å². The molecule has 0 spiro atoms. The Kier molecular flexibility index (Phi) is 6.24. The fraction of sp³-hybridized carbons (Fsp3) is 0.588. The van der Waals surface area contributed by atoms with Gasteiger partial charge < -0.3 is 10.1 Å². The molecular weight excluding hydrogens is 286 g/mol. The number of hydrogen-bond donors (Lipinski definition) is 1.